The third-order valence-electron chi connectivity index (χ3n) is 5.70. The second-order valence-corrected chi connectivity index (χ2v) is 8.51. The van der Waals surface area contributed by atoms with Crippen LogP contribution in [0.5, 0.6) is 11.5 Å². The molecule has 4 nitrogen and oxygen atoms in total. The summed E-state index contributed by atoms with van der Waals surface area (Å²) in [5.74, 6) is 3.06. The largest absolute Gasteiger partial charge is 0.493 e. The maximum atomic E-state index is 5.94. The highest BCUT2D eigenvalue weighted by molar-refractivity contribution is 5.55. The van der Waals surface area contributed by atoms with E-state index in [0.717, 1.165) is 47.9 Å². The Bertz CT molecular complexity index is 906. The van der Waals surface area contributed by atoms with E-state index in [2.05, 4.69) is 42.9 Å². The van der Waals surface area contributed by atoms with Gasteiger partial charge in [0, 0.05) is 18.0 Å². The van der Waals surface area contributed by atoms with Crippen molar-refractivity contribution < 1.29 is 9.47 Å². The molecule has 1 unspecified atom stereocenters. The zero-order valence-electron chi connectivity index (χ0n) is 19.7. The molecular weight excluding hydrogens is 396 g/mol. The van der Waals surface area contributed by atoms with Gasteiger partial charge in [0.15, 0.2) is 5.82 Å². The van der Waals surface area contributed by atoms with E-state index < -0.39 is 0 Å². The normalized spacial score (nSPS) is 11.8. The molecule has 170 valence electrons. The lowest BCUT2D eigenvalue weighted by Gasteiger charge is -2.12. The summed E-state index contributed by atoms with van der Waals surface area (Å²) >= 11 is 0. The molecule has 0 N–H and O–H groups in total. The molecule has 2 aromatic carbocycles. The molecule has 0 saturated carbocycles. The van der Waals surface area contributed by atoms with Gasteiger partial charge in [-0.05, 0) is 66.3 Å². The third kappa shape index (κ3) is 7.67. The van der Waals surface area contributed by atoms with Gasteiger partial charge < -0.3 is 9.47 Å². The van der Waals surface area contributed by atoms with E-state index in [0.29, 0.717) is 12.5 Å². The monoisotopic (exact) mass is 432 g/mol. The van der Waals surface area contributed by atoms with E-state index in [4.69, 9.17) is 9.47 Å². The maximum Gasteiger partial charge on any atom is 0.159 e. The van der Waals surface area contributed by atoms with E-state index in [-0.39, 0.29) is 0 Å². The van der Waals surface area contributed by atoms with Gasteiger partial charge in [-0.25, -0.2) is 9.97 Å². The van der Waals surface area contributed by atoms with Crippen molar-refractivity contribution in [1.82, 2.24) is 9.97 Å². The molecule has 3 rings (SSSR count). The van der Waals surface area contributed by atoms with Crippen LogP contribution >= 0.6 is 0 Å². The quantitative estimate of drug-likeness (QED) is 0.266. The van der Waals surface area contributed by atoms with Gasteiger partial charge in [-0.2, -0.15) is 0 Å². The number of hydrogen-bond acceptors (Lipinski definition) is 4. The first-order valence-corrected chi connectivity index (χ1v) is 11.9. The summed E-state index contributed by atoms with van der Waals surface area (Å²) in [6.07, 6.45) is 11.1. The van der Waals surface area contributed by atoms with E-state index >= 15 is 0 Å². The highest BCUT2D eigenvalue weighted by Crippen LogP contribution is 2.21. The van der Waals surface area contributed by atoms with Crippen LogP contribution in [0.3, 0.4) is 0 Å². The molecule has 1 heterocycles. The minimum Gasteiger partial charge on any atom is -0.493 e. The van der Waals surface area contributed by atoms with Crippen molar-refractivity contribution in [3.8, 4) is 22.9 Å². The molecule has 0 saturated heterocycles. The molecule has 0 amide bonds. The van der Waals surface area contributed by atoms with Crippen molar-refractivity contribution in [3.63, 3.8) is 0 Å². The van der Waals surface area contributed by atoms with Gasteiger partial charge in [0.2, 0.25) is 0 Å². The van der Waals surface area contributed by atoms with Crippen LogP contribution in [-0.2, 0) is 13.0 Å². The zero-order chi connectivity index (χ0) is 22.6. The van der Waals surface area contributed by atoms with Gasteiger partial charge in [-0.3, -0.25) is 0 Å². The summed E-state index contributed by atoms with van der Waals surface area (Å²) in [5.41, 5.74) is 3.32. The van der Waals surface area contributed by atoms with E-state index in [9.17, 15) is 0 Å². The van der Waals surface area contributed by atoms with Crippen LogP contribution in [0.4, 0.5) is 0 Å². The SMILES string of the molecule is CCCCCCc1cnc(-c2ccc(OCc3ccc(OCC(C)CC)cc3)cc2)nc1. The fourth-order valence-corrected chi connectivity index (χ4v) is 3.29. The van der Waals surface area contributed by atoms with Crippen LogP contribution in [0.2, 0.25) is 0 Å². The lowest BCUT2D eigenvalue weighted by Crippen LogP contribution is -2.07. The van der Waals surface area contributed by atoms with Gasteiger partial charge >= 0.3 is 0 Å². The Morgan fingerprint density at radius 3 is 2.06 bits per heavy atom. The molecule has 0 aliphatic rings. The fraction of sp³-hybridized carbons (Fsp3) is 0.429. The Kier molecular flexibility index (Phi) is 9.55. The van der Waals surface area contributed by atoms with Crippen LogP contribution < -0.4 is 9.47 Å². The Hall–Kier alpha value is -2.88. The first-order valence-electron chi connectivity index (χ1n) is 11.9. The van der Waals surface area contributed by atoms with Gasteiger partial charge in [0.1, 0.15) is 18.1 Å². The summed E-state index contributed by atoms with van der Waals surface area (Å²) < 4.78 is 11.8. The topological polar surface area (TPSA) is 44.2 Å². The van der Waals surface area contributed by atoms with Gasteiger partial charge in [-0.15, -0.1) is 0 Å². The average Bonchev–Trinajstić information content (AvgIpc) is 2.85. The van der Waals surface area contributed by atoms with Crippen LogP contribution in [0.15, 0.2) is 60.9 Å². The molecule has 3 aromatic rings. The van der Waals surface area contributed by atoms with Crippen LogP contribution in [0, 0.1) is 5.92 Å². The first kappa shape index (κ1) is 23.8. The molecule has 4 heteroatoms. The van der Waals surface area contributed by atoms with Crippen molar-refractivity contribution in [1.29, 1.82) is 0 Å². The lowest BCUT2D eigenvalue weighted by molar-refractivity contribution is 0.256. The van der Waals surface area contributed by atoms with Gasteiger partial charge in [0.05, 0.1) is 6.61 Å². The maximum absolute atomic E-state index is 5.94. The number of nitrogens with zero attached hydrogens (tertiary/aromatic N) is 2. The second kappa shape index (κ2) is 12.8. The van der Waals surface area contributed by atoms with Gasteiger partial charge in [-0.1, -0.05) is 58.6 Å². The van der Waals surface area contributed by atoms with Crippen LogP contribution in [0.25, 0.3) is 11.4 Å². The summed E-state index contributed by atoms with van der Waals surface area (Å²) in [6.45, 7) is 7.89. The molecule has 0 fully saturated rings. The number of rotatable bonds is 13. The highest BCUT2D eigenvalue weighted by atomic mass is 16.5. The lowest BCUT2D eigenvalue weighted by atomic mass is 10.1. The number of unbranched alkanes of at least 4 members (excludes halogenated alkanes) is 3. The molecular formula is C28H36N2O2. The number of ether oxygens (including phenoxy) is 2. The van der Waals surface area contributed by atoms with E-state index in [1.807, 2.05) is 48.8 Å². The summed E-state index contributed by atoms with van der Waals surface area (Å²) in [7, 11) is 0. The van der Waals surface area contributed by atoms with Crippen LogP contribution in [-0.4, -0.2) is 16.6 Å². The minimum atomic E-state index is 0.522. The fourth-order valence-electron chi connectivity index (χ4n) is 3.29. The Labute approximate surface area is 193 Å². The minimum absolute atomic E-state index is 0.522. The molecule has 1 aromatic heterocycles. The Morgan fingerprint density at radius 1 is 0.750 bits per heavy atom. The van der Waals surface area contributed by atoms with Crippen molar-refractivity contribution in [2.24, 2.45) is 5.92 Å². The summed E-state index contributed by atoms with van der Waals surface area (Å²) in [6, 6.07) is 16.1. The summed E-state index contributed by atoms with van der Waals surface area (Å²) in [4.78, 5) is 9.09. The molecule has 0 aliphatic heterocycles. The average molecular weight is 433 g/mol. The van der Waals surface area contributed by atoms with Crippen molar-refractivity contribution in [2.45, 2.75) is 65.9 Å². The molecule has 0 bridgehead atoms. The Morgan fingerprint density at radius 2 is 1.41 bits per heavy atom. The zero-order valence-corrected chi connectivity index (χ0v) is 19.7. The number of hydrogen-bond donors (Lipinski definition) is 0. The highest BCUT2D eigenvalue weighted by Gasteiger charge is 2.04. The third-order valence-corrected chi connectivity index (χ3v) is 5.70. The smallest absolute Gasteiger partial charge is 0.159 e. The predicted octanol–water partition coefficient (Wildman–Crippen LogP) is 7.27. The molecule has 1 atom stereocenters. The van der Waals surface area contributed by atoms with Crippen molar-refractivity contribution >= 4 is 0 Å². The summed E-state index contributed by atoms with van der Waals surface area (Å²) in [5, 5.41) is 0. The van der Waals surface area contributed by atoms with Crippen molar-refractivity contribution in [2.75, 3.05) is 6.61 Å². The molecule has 32 heavy (non-hydrogen) atoms. The van der Waals surface area contributed by atoms with Crippen molar-refractivity contribution in [3.05, 3.63) is 72.1 Å². The standard InChI is InChI=1S/C28H36N2O2/c1-4-6-7-8-9-24-18-29-28(30-19-24)25-12-16-27(17-13-25)32-21-23-10-14-26(15-11-23)31-20-22(3)5-2/h10-19,22H,4-9,20-21H2,1-3H3. The van der Waals surface area contributed by atoms with E-state index in [1.165, 1.54) is 31.2 Å². The van der Waals surface area contributed by atoms with Crippen LogP contribution in [0.1, 0.15) is 64.0 Å². The number of aryl methyl sites for hydroxylation is 1. The van der Waals surface area contributed by atoms with Gasteiger partial charge in [0.25, 0.3) is 0 Å². The molecule has 0 radical (unpaired) electrons. The number of aromatic nitrogens is 2. The molecule has 0 spiro atoms. The second-order valence-electron chi connectivity index (χ2n) is 8.51. The van der Waals surface area contributed by atoms with E-state index in [1.54, 1.807) is 0 Å². The molecule has 0 aliphatic carbocycles. The predicted molar refractivity (Wildman–Crippen MR) is 131 cm³/mol. The number of benzene rings is 2. The first-order chi connectivity index (χ1) is 15.7. The Balaban J connectivity index is 1.47.